The summed E-state index contributed by atoms with van der Waals surface area (Å²) >= 11 is 0. The van der Waals surface area contributed by atoms with Gasteiger partial charge in [0.25, 0.3) is 0 Å². The van der Waals surface area contributed by atoms with Crippen LogP contribution in [0.3, 0.4) is 0 Å². The highest BCUT2D eigenvalue weighted by Gasteiger charge is 2.18. The van der Waals surface area contributed by atoms with Crippen LogP contribution in [0.4, 0.5) is 0 Å². The maximum atomic E-state index is 3.69. The molecular formula is C11H23N. The Balaban J connectivity index is 2.17. The first kappa shape index (κ1) is 10.0. The van der Waals surface area contributed by atoms with Gasteiger partial charge in [0.1, 0.15) is 0 Å². The maximum absolute atomic E-state index is 3.69. The summed E-state index contributed by atoms with van der Waals surface area (Å²) < 4.78 is 0. The molecule has 0 bridgehead atoms. The zero-order chi connectivity index (χ0) is 8.97. The Kier molecular flexibility index (Phi) is 4.07. The molecule has 0 amide bonds. The molecule has 0 aliphatic heterocycles. The molecule has 0 aromatic rings. The zero-order valence-electron chi connectivity index (χ0n) is 8.77. The monoisotopic (exact) mass is 169 g/mol. The van der Waals surface area contributed by atoms with E-state index in [9.17, 15) is 0 Å². The van der Waals surface area contributed by atoms with Gasteiger partial charge >= 0.3 is 0 Å². The van der Waals surface area contributed by atoms with Crippen LogP contribution in [0.1, 0.15) is 52.9 Å². The third-order valence-electron chi connectivity index (χ3n) is 3.15. The second-order valence-corrected chi connectivity index (χ2v) is 4.43. The van der Waals surface area contributed by atoms with Crippen molar-refractivity contribution in [2.75, 3.05) is 0 Å². The van der Waals surface area contributed by atoms with Crippen molar-refractivity contribution in [1.29, 1.82) is 0 Å². The van der Waals surface area contributed by atoms with Gasteiger partial charge in [-0.3, -0.25) is 0 Å². The van der Waals surface area contributed by atoms with Crippen molar-refractivity contribution in [3.05, 3.63) is 0 Å². The average Bonchev–Trinajstić information content (AvgIpc) is 2.09. The van der Waals surface area contributed by atoms with E-state index in [1.807, 2.05) is 0 Å². The molecule has 0 heterocycles. The summed E-state index contributed by atoms with van der Waals surface area (Å²) in [5.74, 6) is 0.972. The van der Waals surface area contributed by atoms with Crippen LogP contribution >= 0.6 is 0 Å². The van der Waals surface area contributed by atoms with Gasteiger partial charge < -0.3 is 5.32 Å². The second-order valence-electron chi connectivity index (χ2n) is 4.43. The Morgan fingerprint density at radius 3 is 2.33 bits per heavy atom. The highest BCUT2D eigenvalue weighted by Crippen LogP contribution is 2.23. The van der Waals surface area contributed by atoms with Crippen LogP contribution in [0, 0.1) is 5.92 Å². The first-order chi connectivity index (χ1) is 5.72. The molecule has 0 aromatic carbocycles. The molecule has 1 aliphatic rings. The molecule has 1 fully saturated rings. The lowest BCUT2D eigenvalue weighted by Crippen LogP contribution is -2.38. The Morgan fingerprint density at radius 2 is 1.83 bits per heavy atom. The van der Waals surface area contributed by atoms with Gasteiger partial charge in [-0.25, -0.2) is 0 Å². The van der Waals surface area contributed by atoms with Gasteiger partial charge in [-0.2, -0.15) is 0 Å². The standard InChI is InChI=1S/C11H23N/c1-4-10(3)12-11-7-5-9(2)6-8-11/h9-12H,4-8H2,1-3H3/t9?,10-,11?/m0/s1. The summed E-state index contributed by atoms with van der Waals surface area (Å²) in [6.07, 6.45) is 6.89. The summed E-state index contributed by atoms with van der Waals surface area (Å²) in [4.78, 5) is 0. The predicted molar refractivity (Wildman–Crippen MR) is 54.3 cm³/mol. The van der Waals surface area contributed by atoms with Gasteiger partial charge in [-0.1, -0.05) is 13.8 Å². The third-order valence-corrected chi connectivity index (χ3v) is 3.15. The lowest BCUT2D eigenvalue weighted by atomic mass is 9.87. The van der Waals surface area contributed by atoms with E-state index in [4.69, 9.17) is 0 Å². The minimum absolute atomic E-state index is 0.711. The molecular weight excluding hydrogens is 146 g/mol. The summed E-state index contributed by atoms with van der Waals surface area (Å²) in [5.41, 5.74) is 0. The van der Waals surface area contributed by atoms with Crippen molar-refractivity contribution in [1.82, 2.24) is 5.32 Å². The number of nitrogens with one attached hydrogen (secondary N) is 1. The molecule has 1 nitrogen and oxygen atoms in total. The van der Waals surface area contributed by atoms with Gasteiger partial charge in [0, 0.05) is 12.1 Å². The van der Waals surface area contributed by atoms with E-state index < -0.39 is 0 Å². The van der Waals surface area contributed by atoms with Crippen molar-refractivity contribution < 1.29 is 0 Å². The van der Waals surface area contributed by atoms with Crippen LogP contribution < -0.4 is 5.32 Å². The minimum atomic E-state index is 0.711. The fourth-order valence-electron chi connectivity index (χ4n) is 1.95. The Hall–Kier alpha value is -0.0400. The van der Waals surface area contributed by atoms with E-state index in [2.05, 4.69) is 26.1 Å². The second kappa shape index (κ2) is 4.86. The van der Waals surface area contributed by atoms with E-state index in [0.717, 1.165) is 12.0 Å². The molecule has 0 saturated heterocycles. The van der Waals surface area contributed by atoms with Crippen molar-refractivity contribution in [2.45, 2.75) is 65.0 Å². The Morgan fingerprint density at radius 1 is 1.25 bits per heavy atom. The Labute approximate surface area is 76.9 Å². The first-order valence-corrected chi connectivity index (χ1v) is 5.48. The van der Waals surface area contributed by atoms with Gasteiger partial charge in [-0.15, -0.1) is 0 Å². The third kappa shape index (κ3) is 3.14. The molecule has 1 saturated carbocycles. The summed E-state index contributed by atoms with van der Waals surface area (Å²) in [6, 6.07) is 1.53. The van der Waals surface area contributed by atoms with E-state index >= 15 is 0 Å². The van der Waals surface area contributed by atoms with Crippen LogP contribution in [0.5, 0.6) is 0 Å². The van der Waals surface area contributed by atoms with Crippen molar-refractivity contribution in [3.63, 3.8) is 0 Å². The van der Waals surface area contributed by atoms with E-state index in [1.54, 1.807) is 0 Å². The molecule has 1 N–H and O–H groups in total. The molecule has 0 radical (unpaired) electrons. The van der Waals surface area contributed by atoms with E-state index in [0.29, 0.717) is 6.04 Å². The van der Waals surface area contributed by atoms with Gasteiger partial charge in [-0.05, 0) is 44.9 Å². The fraction of sp³-hybridized carbons (Fsp3) is 1.00. The number of rotatable bonds is 3. The quantitative estimate of drug-likeness (QED) is 0.685. The van der Waals surface area contributed by atoms with Crippen molar-refractivity contribution >= 4 is 0 Å². The van der Waals surface area contributed by atoms with Crippen LogP contribution in [0.25, 0.3) is 0 Å². The van der Waals surface area contributed by atoms with Gasteiger partial charge in [0.15, 0.2) is 0 Å². The maximum Gasteiger partial charge on any atom is 0.00697 e. The van der Waals surface area contributed by atoms with E-state index in [-0.39, 0.29) is 0 Å². The summed E-state index contributed by atoms with van der Waals surface area (Å²) in [6.45, 7) is 6.92. The van der Waals surface area contributed by atoms with Crippen LogP contribution in [0.2, 0.25) is 0 Å². The lowest BCUT2D eigenvalue weighted by Gasteiger charge is -2.29. The average molecular weight is 169 g/mol. The highest BCUT2D eigenvalue weighted by molar-refractivity contribution is 4.77. The largest absolute Gasteiger partial charge is 0.312 e. The molecule has 1 heteroatoms. The Bertz CT molecular complexity index is 114. The van der Waals surface area contributed by atoms with Crippen molar-refractivity contribution in [3.8, 4) is 0 Å². The molecule has 1 atom stereocenters. The van der Waals surface area contributed by atoms with Crippen LogP contribution in [-0.4, -0.2) is 12.1 Å². The number of hydrogen-bond donors (Lipinski definition) is 1. The van der Waals surface area contributed by atoms with Gasteiger partial charge in [0.2, 0.25) is 0 Å². The molecule has 0 aromatic heterocycles. The molecule has 72 valence electrons. The fourth-order valence-corrected chi connectivity index (χ4v) is 1.95. The predicted octanol–water partition coefficient (Wildman–Crippen LogP) is 2.95. The normalized spacial score (nSPS) is 33.2. The minimum Gasteiger partial charge on any atom is -0.312 e. The van der Waals surface area contributed by atoms with Crippen LogP contribution in [0.15, 0.2) is 0 Å². The first-order valence-electron chi connectivity index (χ1n) is 5.48. The van der Waals surface area contributed by atoms with Crippen LogP contribution in [-0.2, 0) is 0 Å². The summed E-state index contributed by atoms with van der Waals surface area (Å²) in [5, 5.41) is 3.69. The van der Waals surface area contributed by atoms with Gasteiger partial charge in [0.05, 0.1) is 0 Å². The van der Waals surface area contributed by atoms with E-state index in [1.165, 1.54) is 32.1 Å². The zero-order valence-corrected chi connectivity index (χ0v) is 8.77. The summed E-state index contributed by atoms with van der Waals surface area (Å²) in [7, 11) is 0. The molecule has 1 aliphatic carbocycles. The topological polar surface area (TPSA) is 12.0 Å². The number of hydrogen-bond acceptors (Lipinski definition) is 1. The molecule has 0 unspecified atom stereocenters. The van der Waals surface area contributed by atoms with Crippen molar-refractivity contribution in [2.24, 2.45) is 5.92 Å². The molecule has 0 spiro atoms. The lowest BCUT2D eigenvalue weighted by molar-refractivity contribution is 0.288. The SMILES string of the molecule is CC[C@H](C)NC1CCC(C)CC1. The highest BCUT2D eigenvalue weighted by atomic mass is 14.9. The molecule has 12 heavy (non-hydrogen) atoms. The molecule has 1 rings (SSSR count). The smallest absolute Gasteiger partial charge is 0.00697 e.